The summed E-state index contributed by atoms with van der Waals surface area (Å²) < 4.78 is 60.0. The topological polar surface area (TPSA) is 141 Å². The van der Waals surface area contributed by atoms with Crippen molar-refractivity contribution in [3.05, 3.63) is 47.7 Å². The van der Waals surface area contributed by atoms with Gasteiger partial charge in [0.2, 0.25) is 21.8 Å². The summed E-state index contributed by atoms with van der Waals surface area (Å²) in [5, 5.41) is 5.95. The van der Waals surface area contributed by atoms with Gasteiger partial charge in [0.15, 0.2) is 0 Å². The zero-order chi connectivity index (χ0) is 33.1. The van der Waals surface area contributed by atoms with Crippen molar-refractivity contribution < 1.29 is 26.8 Å². The SMILES string of the molecule is CN[C@@H]1CC(=O)N(c2ccc(S(=O)(=O)N3CCN(c4cc(C(F)(F)C5CCC(C(=O)NCCCN)CC5)cc(C)n4)CC3)cc2)C1. The molecule has 1 aromatic carbocycles. The van der Waals surface area contributed by atoms with E-state index in [1.807, 2.05) is 11.9 Å². The molecule has 2 saturated heterocycles. The number of aromatic nitrogens is 1. The molecule has 1 aromatic heterocycles. The Labute approximate surface area is 269 Å². The van der Waals surface area contributed by atoms with E-state index in [9.17, 15) is 18.0 Å². The Morgan fingerprint density at radius 1 is 1.07 bits per heavy atom. The van der Waals surface area contributed by atoms with Gasteiger partial charge < -0.3 is 26.2 Å². The van der Waals surface area contributed by atoms with Crippen molar-refractivity contribution in [2.75, 3.05) is 62.7 Å². The number of nitrogens with two attached hydrogens (primary N) is 1. The van der Waals surface area contributed by atoms with Gasteiger partial charge in [0.25, 0.3) is 5.92 Å². The highest BCUT2D eigenvalue weighted by atomic mass is 32.2. The second-order valence-corrected chi connectivity index (χ2v) is 14.5. The lowest BCUT2D eigenvalue weighted by molar-refractivity contribution is -0.129. The molecule has 0 bridgehead atoms. The van der Waals surface area contributed by atoms with Crippen molar-refractivity contribution in [2.24, 2.45) is 17.6 Å². The van der Waals surface area contributed by atoms with E-state index in [1.54, 1.807) is 24.0 Å². The third kappa shape index (κ3) is 7.35. The number of amides is 2. The number of anilines is 2. The van der Waals surface area contributed by atoms with Gasteiger partial charge in [-0.2, -0.15) is 4.31 Å². The molecule has 2 amide bonds. The molecule has 3 heterocycles. The van der Waals surface area contributed by atoms with E-state index in [0.717, 1.165) is 0 Å². The highest BCUT2D eigenvalue weighted by Crippen LogP contribution is 2.45. The zero-order valence-corrected chi connectivity index (χ0v) is 27.4. The standard InChI is InChI=1S/C32H45F2N7O4S/c1-22-18-25(32(33,34)24-6-4-23(5-7-24)31(43)37-13-3-12-35)19-29(38-22)39-14-16-40(17-15-39)46(44,45)28-10-8-27(9-11-28)41-21-26(36-2)20-30(41)42/h8-11,18-19,23-24,26,36H,3-7,12-17,20-21,35H2,1-2H3,(H,37,43)/t23?,24?,26-/m1/s1. The van der Waals surface area contributed by atoms with Crippen LogP contribution in [0.15, 0.2) is 41.3 Å². The van der Waals surface area contributed by atoms with Gasteiger partial charge in [-0.15, -0.1) is 0 Å². The number of pyridine rings is 1. The predicted octanol–water partition coefficient (Wildman–Crippen LogP) is 2.59. The van der Waals surface area contributed by atoms with Gasteiger partial charge in [-0.25, -0.2) is 22.2 Å². The average Bonchev–Trinajstić information content (AvgIpc) is 3.45. The second-order valence-electron chi connectivity index (χ2n) is 12.5. The Hall–Kier alpha value is -3.20. The molecule has 5 rings (SSSR count). The van der Waals surface area contributed by atoms with Crippen LogP contribution in [0.4, 0.5) is 20.3 Å². The number of hydrogen-bond donors (Lipinski definition) is 3. The molecular weight excluding hydrogens is 616 g/mol. The summed E-state index contributed by atoms with van der Waals surface area (Å²) in [6, 6.07) is 9.27. The van der Waals surface area contributed by atoms with Crippen LogP contribution in [0, 0.1) is 18.8 Å². The molecular formula is C32H45F2N7O4S. The maximum absolute atomic E-state index is 15.9. The van der Waals surface area contributed by atoms with Gasteiger partial charge in [0.05, 0.1) is 4.90 Å². The maximum Gasteiger partial charge on any atom is 0.276 e. The van der Waals surface area contributed by atoms with Crippen LogP contribution in [-0.2, 0) is 25.5 Å². The maximum atomic E-state index is 15.9. The summed E-state index contributed by atoms with van der Waals surface area (Å²) in [6.45, 7) is 4.15. The largest absolute Gasteiger partial charge is 0.356 e. The summed E-state index contributed by atoms with van der Waals surface area (Å²) in [4.78, 5) is 32.9. The molecule has 0 unspecified atom stereocenters. The normalized spacial score (nSPS) is 23.2. The van der Waals surface area contributed by atoms with Crippen LogP contribution in [0.25, 0.3) is 0 Å². The second kappa shape index (κ2) is 14.3. The molecule has 1 atom stereocenters. The van der Waals surface area contributed by atoms with E-state index in [2.05, 4.69) is 15.6 Å². The number of carbonyl (C=O) groups is 2. The first-order chi connectivity index (χ1) is 21.9. The lowest BCUT2D eigenvalue weighted by atomic mass is 9.77. The summed E-state index contributed by atoms with van der Waals surface area (Å²) in [5.41, 5.74) is 6.50. The van der Waals surface area contributed by atoms with Crippen molar-refractivity contribution in [1.82, 2.24) is 19.9 Å². The molecule has 11 nitrogen and oxygen atoms in total. The van der Waals surface area contributed by atoms with Crippen LogP contribution < -0.4 is 26.2 Å². The van der Waals surface area contributed by atoms with Crippen LogP contribution in [0.1, 0.15) is 49.8 Å². The van der Waals surface area contributed by atoms with Crippen LogP contribution in [-0.4, -0.2) is 88.4 Å². The van der Waals surface area contributed by atoms with E-state index in [4.69, 9.17) is 5.73 Å². The fourth-order valence-corrected chi connectivity index (χ4v) is 8.09. The first kappa shape index (κ1) is 34.1. The first-order valence-electron chi connectivity index (χ1n) is 16.1. The summed E-state index contributed by atoms with van der Waals surface area (Å²) >= 11 is 0. The van der Waals surface area contributed by atoms with Gasteiger partial charge in [0, 0.05) is 80.5 Å². The van der Waals surface area contributed by atoms with Gasteiger partial charge in [0.1, 0.15) is 5.82 Å². The monoisotopic (exact) mass is 661 g/mol. The van der Waals surface area contributed by atoms with Gasteiger partial charge in [-0.3, -0.25) is 9.59 Å². The number of likely N-dealkylation sites (N-methyl/N-ethyl adjacent to an activating group) is 1. The van der Waals surface area contributed by atoms with E-state index >= 15 is 8.78 Å². The number of benzene rings is 1. The number of sulfonamides is 1. The molecule has 3 fully saturated rings. The highest BCUT2D eigenvalue weighted by molar-refractivity contribution is 7.89. The number of nitrogens with one attached hydrogen (secondary N) is 2. The van der Waals surface area contributed by atoms with Crippen LogP contribution >= 0.6 is 0 Å². The summed E-state index contributed by atoms with van der Waals surface area (Å²) in [7, 11) is -1.98. The van der Waals surface area contributed by atoms with E-state index in [0.29, 0.717) is 75.6 Å². The van der Waals surface area contributed by atoms with Gasteiger partial charge in [-0.05, 0) is 89.0 Å². The number of halogens is 2. The zero-order valence-electron chi connectivity index (χ0n) is 26.6. The number of carbonyl (C=O) groups excluding carboxylic acids is 2. The fraction of sp³-hybridized carbons (Fsp3) is 0.594. The molecule has 2 aromatic rings. The lowest BCUT2D eigenvalue weighted by Crippen LogP contribution is -2.49. The third-order valence-electron chi connectivity index (χ3n) is 9.50. The number of hydrogen-bond acceptors (Lipinski definition) is 8. The van der Waals surface area contributed by atoms with Crippen molar-refractivity contribution in [1.29, 1.82) is 0 Å². The summed E-state index contributed by atoms with van der Waals surface area (Å²) in [5.74, 6) is -3.92. The third-order valence-corrected chi connectivity index (χ3v) is 11.4. The number of rotatable bonds is 11. The van der Waals surface area contributed by atoms with Crippen molar-refractivity contribution >= 4 is 33.3 Å². The lowest BCUT2D eigenvalue weighted by Gasteiger charge is -2.36. The smallest absolute Gasteiger partial charge is 0.276 e. The molecule has 3 aliphatic rings. The number of aryl methyl sites for hydroxylation is 1. The van der Waals surface area contributed by atoms with Crippen molar-refractivity contribution in [3.8, 4) is 0 Å². The molecule has 1 saturated carbocycles. The Balaban J connectivity index is 1.20. The Morgan fingerprint density at radius 2 is 1.74 bits per heavy atom. The average molecular weight is 662 g/mol. The molecule has 46 heavy (non-hydrogen) atoms. The minimum atomic E-state index is -3.79. The molecule has 2 aliphatic heterocycles. The fourth-order valence-electron chi connectivity index (χ4n) is 6.67. The number of alkyl halides is 2. The minimum Gasteiger partial charge on any atom is -0.356 e. The Kier molecular flexibility index (Phi) is 10.6. The molecule has 14 heteroatoms. The number of piperazine rings is 1. The van der Waals surface area contributed by atoms with E-state index in [1.165, 1.54) is 28.6 Å². The highest BCUT2D eigenvalue weighted by Gasteiger charge is 2.44. The molecule has 0 radical (unpaired) electrons. The van der Waals surface area contributed by atoms with Gasteiger partial charge in [-0.1, -0.05) is 0 Å². The first-order valence-corrected chi connectivity index (χ1v) is 17.6. The molecule has 4 N–H and O–H groups in total. The minimum absolute atomic E-state index is 0.0112. The van der Waals surface area contributed by atoms with Crippen molar-refractivity contribution in [2.45, 2.75) is 62.3 Å². The molecule has 0 spiro atoms. The number of nitrogens with zero attached hydrogens (tertiary/aromatic N) is 4. The Morgan fingerprint density at radius 3 is 2.35 bits per heavy atom. The van der Waals surface area contributed by atoms with Crippen LogP contribution in [0.3, 0.4) is 0 Å². The van der Waals surface area contributed by atoms with Crippen molar-refractivity contribution in [3.63, 3.8) is 0 Å². The molecule has 1 aliphatic carbocycles. The summed E-state index contributed by atoms with van der Waals surface area (Å²) in [6.07, 6.45) is 2.41. The molecule has 252 valence electrons. The van der Waals surface area contributed by atoms with E-state index in [-0.39, 0.29) is 60.2 Å². The van der Waals surface area contributed by atoms with Crippen LogP contribution in [0.2, 0.25) is 0 Å². The Bertz CT molecular complexity index is 1490. The van der Waals surface area contributed by atoms with Gasteiger partial charge >= 0.3 is 0 Å². The predicted molar refractivity (Wildman–Crippen MR) is 172 cm³/mol. The quantitative estimate of drug-likeness (QED) is 0.312. The van der Waals surface area contributed by atoms with Crippen LogP contribution in [0.5, 0.6) is 0 Å². The van der Waals surface area contributed by atoms with E-state index < -0.39 is 21.9 Å².